The van der Waals surface area contributed by atoms with Crippen LogP contribution in [0.5, 0.6) is 11.6 Å². The number of alkyl carbamates (subject to hydrolysis) is 1. The lowest BCUT2D eigenvalue weighted by Crippen LogP contribution is -2.50. The second-order valence-electron chi connectivity index (χ2n) is 8.33. The van der Waals surface area contributed by atoms with Crippen LogP contribution in [0.15, 0.2) is 6.07 Å². The molecule has 8 heteroatoms. The Bertz CT molecular complexity index is 710. The van der Waals surface area contributed by atoms with Crippen molar-refractivity contribution < 1.29 is 28.5 Å². The smallest absolute Gasteiger partial charge is 0.408 e. The Morgan fingerprint density at radius 2 is 2.00 bits per heavy atom. The summed E-state index contributed by atoms with van der Waals surface area (Å²) in [6.07, 6.45) is 3.77. The van der Waals surface area contributed by atoms with Gasteiger partial charge in [0.2, 0.25) is 0 Å². The first-order chi connectivity index (χ1) is 13.7. The molecule has 1 saturated carbocycles. The fourth-order valence-electron chi connectivity index (χ4n) is 3.17. The van der Waals surface area contributed by atoms with Gasteiger partial charge in [0, 0.05) is 32.1 Å². The molecule has 1 N–H and O–H groups in total. The van der Waals surface area contributed by atoms with E-state index in [0.717, 1.165) is 19.3 Å². The van der Waals surface area contributed by atoms with Crippen molar-refractivity contribution in [3.8, 4) is 11.6 Å². The average molecular weight is 408 g/mol. The van der Waals surface area contributed by atoms with Crippen LogP contribution in [0.25, 0.3) is 0 Å². The molecule has 2 rings (SSSR count). The lowest BCUT2D eigenvalue weighted by Gasteiger charge is -2.41. The Labute approximate surface area is 172 Å². The first-order valence-corrected chi connectivity index (χ1v) is 9.88. The molecule has 0 spiro atoms. The molecule has 1 aliphatic rings. The maximum Gasteiger partial charge on any atom is 0.408 e. The topological polar surface area (TPSA) is 96.0 Å². The number of aromatic nitrogens is 1. The molecule has 0 saturated heterocycles. The van der Waals surface area contributed by atoms with Gasteiger partial charge in [0.05, 0.1) is 13.7 Å². The zero-order valence-electron chi connectivity index (χ0n) is 18.0. The molecule has 0 unspecified atom stereocenters. The summed E-state index contributed by atoms with van der Waals surface area (Å²) in [4.78, 5) is 28.2. The molecular formula is C21H32N2O6. The monoisotopic (exact) mass is 408 g/mol. The molecule has 0 bridgehead atoms. The Hall–Kier alpha value is -2.35. The molecule has 1 fully saturated rings. The number of methoxy groups -OCH3 is 2. The van der Waals surface area contributed by atoms with E-state index in [2.05, 4.69) is 10.3 Å². The van der Waals surface area contributed by atoms with E-state index >= 15 is 0 Å². The minimum absolute atomic E-state index is 0.252. The Kier molecular flexibility index (Phi) is 7.84. The number of pyridine rings is 1. The summed E-state index contributed by atoms with van der Waals surface area (Å²) in [5.41, 5.74) is -0.0969. The third kappa shape index (κ3) is 6.59. The quantitative estimate of drug-likeness (QED) is 0.469. The Morgan fingerprint density at radius 1 is 1.28 bits per heavy atom. The predicted octanol–water partition coefficient (Wildman–Crippen LogP) is 3.31. The van der Waals surface area contributed by atoms with Crippen LogP contribution in [0.1, 0.15) is 62.5 Å². The van der Waals surface area contributed by atoms with Gasteiger partial charge in [-0.3, -0.25) is 4.79 Å². The van der Waals surface area contributed by atoms with Gasteiger partial charge in [-0.25, -0.2) is 9.78 Å². The SMILES string of the molecule is COCCCOc1cc(CC2(OC(=O)NC(C)(C)C)CCC2)c(C=O)nc1OC. The highest BCUT2D eigenvalue weighted by Gasteiger charge is 2.42. The molecule has 1 amide bonds. The first kappa shape index (κ1) is 22.9. The number of carbonyl (C=O) groups excluding carboxylic acids is 2. The van der Waals surface area contributed by atoms with Gasteiger partial charge in [-0.2, -0.15) is 0 Å². The number of hydrogen-bond acceptors (Lipinski definition) is 7. The van der Waals surface area contributed by atoms with Crippen LogP contribution in [-0.4, -0.2) is 55.9 Å². The van der Waals surface area contributed by atoms with Crippen LogP contribution in [0, 0.1) is 0 Å². The van der Waals surface area contributed by atoms with Crippen molar-refractivity contribution in [2.75, 3.05) is 27.4 Å². The predicted molar refractivity (Wildman–Crippen MR) is 108 cm³/mol. The molecular weight excluding hydrogens is 376 g/mol. The van der Waals surface area contributed by atoms with Gasteiger partial charge in [0.1, 0.15) is 11.3 Å². The van der Waals surface area contributed by atoms with Gasteiger partial charge in [0.15, 0.2) is 12.0 Å². The highest BCUT2D eigenvalue weighted by molar-refractivity contribution is 5.75. The summed E-state index contributed by atoms with van der Waals surface area (Å²) in [6.45, 7) is 6.70. The molecule has 1 heterocycles. The normalized spacial score (nSPS) is 15.2. The van der Waals surface area contributed by atoms with Crippen LogP contribution < -0.4 is 14.8 Å². The summed E-state index contributed by atoms with van der Waals surface area (Å²) >= 11 is 0. The van der Waals surface area contributed by atoms with Gasteiger partial charge >= 0.3 is 6.09 Å². The largest absolute Gasteiger partial charge is 0.488 e. The molecule has 0 aromatic carbocycles. The van der Waals surface area contributed by atoms with Gasteiger partial charge in [0.25, 0.3) is 5.88 Å². The van der Waals surface area contributed by atoms with Crippen molar-refractivity contribution >= 4 is 12.4 Å². The van der Waals surface area contributed by atoms with E-state index in [-0.39, 0.29) is 17.1 Å². The zero-order valence-corrected chi connectivity index (χ0v) is 18.0. The van der Waals surface area contributed by atoms with Crippen LogP contribution in [-0.2, 0) is 15.9 Å². The van der Waals surface area contributed by atoms with E-state index in [9.17, 15) is 9.59 Å². The third-order valence-electron chi connectivity index (χ3n) is 4.69. The molecule has 0 aliphatic heterocycles. The van der Waals surface area contributed by atoms with Crippen molar-refractivity contribution in [3.63, 3.8) is 0 Å². The lowest BCUT2D eigenvalue weighted by atomic mass is 9.75. The summed E-state index contributed by atoms with van der Waals surface area (Å²) in [6, 6.07) is 1.76. The number of nitrogens with zero attached hydrogens (tertiary/aromatic N) is 1. The van der Waals surface area contributed by atoms with Gasteiger partial charge in [-0.15, -0.1) is 0 Å². The molecule has 162 valence electrons. The van der Waals surface area contributed by atoms with Crippen molar-refractivity contribution in [1.29, 1.82) is 0 Å². The minimum Gasteiger partial charge on any atom is -0.488 e. The second-order valence-corrected chi connectivity index (χ2v) is 8.33. The molecule has 0 atom stereocenters. The van der Waals surface area contributed by atoms with Gasteiger partial charge < -0.3 is 24.3 Å². The number of carbonyl (C=O) groups is 2. The number of aldehydes is 1. The van der Waals surface area contributed by atoms with E-state index < -0.39 is 11.7 Å². The van der Waals surface area contributed by atoms with Crippen LogP contribution in [0.3, 0.4) is 0 Å². The summed E-state index contributed by atoms with van der Waals surface area (Å²) in [5.74, 6) is 0.708. The first-order valence-electron chi connectivity index (χ1n) is 9.88. The summed E-state index contributed by atoms with van der Waals surface area (Å²) < 4.78 is 21.9. The molecule has 1 aliphatic carbocycles. The number of rotatable bonds is 10. The Balaban J connectivity index is 2.20. The molecule has 1 aromatic rings. The van der Waals surface area contributed by atoms with Gasteiger partial charge in [-0.05, 0) is 51.7 Å². The van der Waals surface area contributed by atoms with Crippen LogP contribution >= 0.6 is 0 Å². The number of hydrogen-bond donors (Lipinski definition) is 1. The van der Waals surface area contributed by atoms with E-state index in [1.165, 1.54) is 7.11 Å². The fraction of sp³-hybridized carbons (Fsp3) is 0.667. The van der Waals surface area contributed by atoms with Crippen LogP contribution in [0.4, 0.5) is 4.79 Å². The highest BCUT2D eigenvalue weighted by Crippen LogP contribution is 2.40. The van der Waals surface area contributed by atoms with E-state index in [1.807, 2.05) is 20.8 Å². The Morgan fingerprint density at radius 3 is 2.52 bits per heavy atom. The molecule has 1 aromatic heterocycles. The number of amides is 1. The van der Waals surface area contributed by atoms with E-state index in [1.54, 1.807) is 13.2 Å². The summed E-state index contributed by atoms with van der Waals surface area (Å²) in [7, 11) is 3.11. The van der Waals surface area contributed by atoms with Gasteiger partial charge in [-0.1, -0.05) is 0 Å². The van der Waals surface area contributed by atoms with E-state index in [4.69, 9.17) is 18.9 Å². The minimum atomic E-state index is -0.642. The summed E-state index contributed by atoms with van der Waals surface area (Å²) in [5, 5.41) is 2.82. The third-order valence-corrected chi connectivity index (χ3v) is 4.69. The number of ether oxygens (including phenoxy) is 4. The molecule has 8 nitrogen and oxygen atoms in total. The maximum atomic E-state index is 12.3. The highest BCUT2D eigenvalue weighted by atomic mass is 16.6. The van der Waals surface area contributed by atoms with Crippen LogP contribution in [0.2, 0.25) is 0 Å². The number of nitrogens with one attached hydrogen (secondary N) is 1. The zero-order chi connectivity index (χ0) is 21.5. The second kappa shape index (κ2) is 9.91. The molecule has 0 radical (unpaired) electrons. The average Bonchev–Trinajstić information content (AvgIpc) is 2.61. The van der Waals surface area contributed by atoms with Crippen molar-refractivity contribution in [2.24, 2.45) is 0 Å². The van der Waals surface area contributed by atoms with Crippen molar-refractivity contribution in [1.82, 2.24) is 10.3 Å². The molecule has 29 heavy (non-hydrogen) atoms. The standard InChI is InChI=1S/C21H32N2O6/c1-20(2,3)23-19(25)29-21(8-6-9-21)13-15-12-17(28-11-7-10-26-4)18(27-5)22-16(15)14-24/h12,14H,6-11,13H2,1-5H3,(H,23,25). The maximum absolute atomic E-state index is 12.3. The van der Waals surface area contributed by atoms with Crippen molar-refractivity contribution in [2.45, 2.75) is 64.0 Å². The lowest BCUT2D eigenvalue weighted by molar-refractivity contribution is -0.0490. The van der Waals surface area contributed by atoms with Crippen molar-refractivity contribution in [3.05, 3.63) is 17.3 Å². The van der Waals surface area contributed by atoms with E-state index in [0.29, 0.717) is 43.7 Å². The fourth-order valence-corrected chi connectivity index (χ4v) is 3.17.